The molecule has 1 aliphatic carbocycles. The minimum Gasteiger partial charge on any atom is -0.492 e. The maximum absolute atomic E-state index is 5.91. The van der Waals surface area contributed by atoms with Gasteiger partial charge in [0.15, 0.2) is 0 Å². The van der Waals surface area contributed by atoms with Crippen LogP contribution < -0.4 is 15.4 Å². The van der Waals surface area contributed by atoms with Crippen LogP contribution in [0.1, 0.15) is 33.1 Å². The first-order valence-electron chi connectivity index (χ1n) is 7.01. The van der Waals surface area contributed by atoms with Crippen LogP contribution in [0, 0.1) is 5.92 Å². The zero-order chi connectivity index (χ0) is 13.0. The van der Waals surface area contributed by atoms with E-state index in [0.717, 1.165) is 30.4 Å². The lowest BCUT2D eigenvalue weighted by Gasteiger charge is -2.33. The summed E-state index contributed by atoms with van der Waals surface area (Å²) in [5, 5.41) is 0. The smallest absolute Gasteiger partial charge is 0.144 e. The molecular formula is C15H24N2O. The van der Waals surface area contributed by atoms with Gasteiger partial charge in [0.2, 0.25) is 0 Å². The van der Waals surface area contributed by atoms with Gasteiger partial charge in [-0.05, 0) is 44.7 Å². The van der Waals surface area contributed by atoms with Crippen LogP contribution in [0.25, 0.3) is 0 Å². The number of nitrogens with two attached hydrogens (primary N) is 1. The molecule has 0 bridgehead atoms. The van der Waals surface area contributed by atoms with E-state index in [0.29, 0.717) is 6.61 Å². The molecule has 3 heteroatoms. The topological polar surface area (TPSA) is 38.5 Å². The number of nitrogens with zero attached hydrogens (tertiary/aromatic N) is 1. The number of ether oxygens (including phenoxy) is 1. The minimum atomic E-state index is 0.655. The Hall–Kier alpha value is -1.38. The van der Waals surface area contributed by atoms with E-state index in [4.69, 9.17) is 10.5 Å². The second-order valence-electron chi connectivity index (χ2n) is 4.99. The fourth-order valence-electron chi connectivity index (χ4n) is 2.40. The van der Waals surface area contributed by atoms with Gasteiger partial charge in [0.05, 0.1) is 12.3 Å². The first-order chi connectivity index (χ1) is 8.74. The van der Waals surface area contributed by atoms with Crippen LogP contribution in [-0.4, -0.2) is 19.7 Å². The Morgan fingerprint density at radius 1 is 1.33 bits per heavy atom. The first-order valence-corrected chi connectivity index (χ1v) is 7.01. The van der Waals surface area contributed by atoms with E-state index < -0.39 is 0 Å². The second kappa shape index (κ2) is 5.98. The highest BCUT2D eigenvalue weighted by molar-refractivity contribution is 5.62. The summed E-state index contributed by atoms with van der Waals surface area (Å²) in [7, 11) is 0. The number of benzene rings is 1. The quantitative estimate of drug-likeness (QED) is 0.785. The summed E-state index contributed by atoms with van der Waals surface area (Å²) in [5.74, 6) is 1.68. The average molecular weight is 248 g/mol. The number of rotatable bonds is 6. The van der Waals surface area contributed by atoms with Crippen molar-refractivity contribution in [3.05, 3.63) is 18.2 Å². The molecule has 1 aromatic rings. The van der Waals surface area contributed by atoms with Crippen molar-refractivity contribution in [1.82, 2.24) is 0 Å². The molecule has 0 aromatic heterocycles. The highest BCUT2D eigenvalue weighted by Gasteiger charge is 2.20. The van der Waals surface area contributed by atoms with Gasteiger partial charge in [-0.3, -0.25) is 0 Å². The van der Waals surface area contributed by atoms with Gasteiger partial charge < -0.3 is 15.4 Å². The molecule has 2 N–H and O–H groups in total. The molecule has 0 aliphatic heterocycles. The Kier molecular flexibility index (Phi) is 4.34. The van der Waals surface area contributed by atoms with Crippen molar-refractivity contribution < 1.29 is 4.74 Å². The fourth-order valence-corrected chi connectivity index (χ4v) is 2.40. The summed E-state index contributed by atoms with van der Waals surface area (Å²) in [6.07, 6.45) is 4.15. The van der Waals surface area contributed by atoms with E-state index in [-0.39, 0.29) is 0 Å². The first kappa shape index (κ1) is 13.1. The summed E-state index contributed by atoms with van der Waals surface area (Å²) in [5.41, 5.74) is 7.86. The van der Waals surface area contributed by atoms with Crippen molar-refractivity contribution in [3.63, 3.8) is 0 Å². The summed E-state index contributed by atoms with van der Waals surface area (Å²) < 4.78 is 5.57. The third kappa shape index (κ3) is 2.89. The van der Waals surface area contributed by atoms with Crippen LogP contribution >= 0.6 is 0 Å². The second-order valence-corrected chi connectivity index (χ2v) is 4.99. The molecule has 0 radical (unpaired) electrons. The Morgan fingerprint density at radius 2 is 2.11 bits per heavy atom. The van der Waals surface area contributed by atoms with Gasteiger partial charge in [-0.2, -0.15) is 0 Å². The monoisotopic (exact) mass is 248 g/mol. The fraction of sp³-hybridized carbons (Fsp3) is 0.600. The number of hydrogen-bond acceptors (Lipinski definition) is 3. The largest absolute Gasteiger partial charge is 0.492 e. The Labute approximate surface area is 110 Å². The van der Waals surface area contributed by atoms with E-state index >= 15 is 0 Å². The van der Waals surface area contributed by atoms with Crippen molar-refractivity contribution in [2.75, 3.05) is 30.3 Å². The SMILES string of the molecule is CCOc1cc(N(CC)CC2CCC2)ccc1N. The summed E-state index contributed by atoms with van der Waals surface area (Å²) >= 11 is 0. The molecule has 100 valence electrons. The van der Waals surface area contributed by atoms with Crippen molar-refractivity contribution in [1.29, 1.82) is 0 Å². The van der Waals surface area contributed by atoms with Gasteiger partial charge in [0, 0.05) is 24.8 Å². The van der Waals surface area contributed by atoms with Gasteiger partial charge in [-0.15, -0.1) is 0 Å². The van der Waals surface area contributed by atoms with Crippen molar-refractivity contribution in [3.8, 4) is 5.75 Å². The van der Waals surface area contributed by atoms with Crippen LogP contribution in [0.15, 0.2) is 18.2 Å². The molecular weight excluding hydrogens is 224 g/mol. The van der Waals surface area contributed by atoms with Crippen LogP contribution in [-0.2, 0) is 0 Å². The standard InChI is InChI=1S/C15H24N2O/c1-3-17(11-12-6-5-7-12)13-8-9-14(16)15(10-13)18-4-2/h8-10,12H,3-7,11,16H2,1-2H3. The van der Waals surface area contributed by atoms with Crippen LogP contribution in [0.2, 0.25) is 0 Å². The van der Waals surface area contributed by atoms with Gasteiger partial charge >= 0.3 is 0 Å². The van der Waals surface area contributed by atoms with Crippen molar-refractivity contribution in [2.24, 2.45) is 5.92 Å². The molecule has 1 fully saturated rings. The maximum atomic E-state index is 5.91. The molecule has 1 saturated carbocycles. The maximum Gasteiger partial charge on any atom is 0.144 e. The van der Waals surface area contributed by atoms with E-state index in [1.54, 1.807) is 0 Å². The van der Waals surface area contributed by atoms with Crippen molar-refractivity contribution in [2.45, 2.75) is 33.1 Å². The van der Waals surface area contributed by atoms with Crippen molar-refractivity contribution >= 4 is 11.4 Å². The van der Waals surface area contributed by atoms with Gasteiger partial charge in [-0.25, -0.2) is 0 Å². The van der Waals surface area contributed by atoms with Crippen LogP contribution in [0.5, 0.6) is 5.75 Å². The molecule has 1 aliphatic rings. The highest BCUT2D eigenvalue weighted by atomic mass is 16.5. The number of anilines is 2. The van der Waals surface area contributed by atoms with Gasteiger partial charge in [-0.1, -0.05) is 6.42 Å². The third-order valence-electron chi connectivity index (χ3n) is 3.75. The highest BCUT2D eigenvalue weighted by Crippen LogP contribution is 2.31. The lowest BCUT2D eigenvalue weighted by Crippen LogP contribution is -2.32. The molecule has 0 spiro atoms. The molecule has 0 amide bonds. The van der Waals surface area contributed by atoms with Gasteiger partial charge in [0.25, 0.3) is 0 Å². The normalized spacial score (nSPS) is 15.2. The Balaban J connectivity index is 2.10. The van der Waals surface area contributed by atoms with Gasteiger partial charge in [0.1, 0.15) is 5.75 Å². The lowest BCUT2D eigenvalue weighted by molar-refractivity contribution is 0.318. The lowest BCUT2D eigenvalue weighted by atomic mass is 9.85. The predicted molar refractivity (Wildman–Crippen MR) is 77.3 cm³/mol. The summed E-state index contributed by atoms with van der Waals surface area (Å²) in [6.45, 7) is 7.04. The molecule has 1 aromatic carbocycles. The van der Waals surface area contributed by atoms with E-state index in [9.17, 15) is 0 Å². The summed E-state index contributed by atoms with van der Waals surface area (Å²) in [6, 6.07) is 6.12. The molecule has 0 heterocycles. The molecule has 0 unspecified atom stereocenters. The molecule has 2 rings (SSSR count). The zero-order valence-corrected chi connectivity index (χ0v) is 11.5. The van der Waals surface area contributed by atoms with E-state index in [1.807, 2.05) is 13.0 Å². The average Bonchev–Trinajstić information content (AvgIpc) is 2.32. The minimum absolute atomic E-state index is 0.655. The number of hydrogen-bond donors (Lipinski definition) is 1. The molecule has 0 saturated heterocycles. The predicted octanol–water partition coefficient (Wildman–Crippen LogP) is 3.29. The Morgan fingerprint density at radius 3 is 2.67 bits per heavy atom. The number of nitrogen functional groups attached to an aromatic ring is 1. The third-order valence-corrected chi connectivity index (χ3v) is 3.75. The molecule has 0 atom stereocenters. The van der Waals surface area contributed by atoms with E-state index in [1.165, 1.54) is 24.9 Å². The zero-order valence-electron chi connectivity index (χ0n) is 11.5. The Bertz CT molecular complexity index is 388. The molecule has 3 nitrogen and oxygen atoms in total. The van der Waals surface area contributed by atoms with Crippen LogP contribution in [0.3, 0.4) is 0 Å². The molecule has 18 heavy (non-hydrogen) atoms. The van der Waals surface area contributed by atoms with E-state index in [2.05, 4.69) is 24.0 Å². The summed E-state index contributed by atoms with van der Waals surface area (Å²) in [4.78, 5) is 2.42. The van der Waals surface area contributed by atoms with Crippen LogP contribution in [0.4, 0.5) is 11.4 Å².